The van der Waals surface area contributed by atoms with Crippen LogP contribution in [0.2, 0.25) is 0 Å². The fourth-order valence-electron chi connectivity index (χ4n) is 0. The van der Waals surface area contributed by atoms with Crippen molar-refractivity contribution in [1.29, 1.82) is 0 Å². The molecule has 0 rings (SSSR count). The van der Waals surface area contributed by atoms with Crippen molar-refractivity contribution in [3.63, 3.8) is 0 Å². The van der Waals surface area contributed by atoms with Gasteiger partial charge in [0, 0.05) is 0 Å². The van der Waals surface area contributed by atoms with Crippen LogP contribution in [-0.4, -0.2) is 5.75 Å². The molecule has 0 aliphatic rings. The first-order valence-corrected chi connectivity index (χ1v) is 1.76. The van der Waals surface area contributed by atoms with Crippen LogP contribution < -0.4 is 0 Å². The first kappa shape index (κ1) is 5.02. The molecule has 0 aromatic rings. The highest BCUT2D eigenvalue weighted by Gasteiger charge is 1.75. The minimum absolute atomic E-state index is 0.0278. The molecule has 0 saturated carbocycles. The summed E-state index contributed by atoms with van der Waals surface area (Å²) < 4.78 is 11.1. The maximum absolute atomic E-state index is 11.1. The molecule has 5 heavy (non-hydrogen) atoms. The van der Waals surface area contributed by atoms with Gasteiger partial charge in [-0.15, -0.1) is 0 Å². The number of hydrogen-bond donors (Lipinski definition) is 0. The predicted octanol–water partition coefficient (Wildman–Crippen LogP) is 1.67. The van der Waals surface area contributed by atoms with Gasteiger partial charge < -0.3 is 0 Å². The van der Waals surface area contributed by atoms with Crippen LogP contribution in [0.3, 0.4) is 0 Å². The summed E-state index contributed by atoms with van der Waals surface area (Å²) in [7, 11) is 0. The molecule has 0 aliphatic carbocycles. The molecule has 0 saturated heterocycles. The van der Waals surface area contributed by atoms with Gasteiger partial charge in [0.15, 0.2) is 0 Å². The fraction of sp³-hybridized carbons (Fsp3) is 0.333. The third-order valence-corrected chi connectivity index (χ3v) is 0.470. The molecular formula is C3H4FS. The van der Waals surface area contributed by atoms with Gasteiger partial charge in [-0.05, 0) is 0 Å². The van der Waals surface area contributed by atoms with E-state index in [0.29, 0.717) is 0 Å². The van der Waals surface area contributed by atoms with Crippen molar-refractivity contribution in [3.05, 3.63) is 12.4 Å². The van der Waals surface area contributed by atoms with E-state index in [2.05, 4.69) is 19.2 Å². The Kier molecular flexibility index (Phi) is 2.28. The monoisotopic (exact) mass is 91.0 g/mol. The highest BCUT2D eigenvalue weighted by atomic mass is 32.1. The maximum atomic E-state index is 11.1. The molecule has 29 valence electrons. The second-order valence-corrected chi connectivity index (χ2v) is 0.950. The summed E-state index contributed by atoms with van der Waals surface area (Å²) in [4.78, 5) is 0. The lowest BCUT2D eigenvalue weighted by Crippen LogP contribution is -1.63. The average molecular weight is 91.1 g/mol. The lowest BCUT2D eigenvalue weighted by atomic mass is 10.7. The zero-order chi connectivity index (χ0) is 4.28. The molecule has 0 N–H and O–H groups in total. The van der Waals surface area contributed by atoms with E-state index < -0.39 is 5.83 Å². The Morgan fingerprint density at radius 3 is 2.20 bits per heavy atom. The van der Waals surface area contributed by atoms with Gasteiger partial charge >= 0.3 is 0 Å². The van der Waals surface area contributed by atoms with Gasteiger partial charge in [-0.2, -0.15) is 0 Å². The van der Waals surface area contributed by atoms with Crippen LogP contribution in [0.1, 0.15) is 0 Å². The first-order valence-electron chi connectivity index (χ1n) is 1.18. The van der Waals surface area contributed by atoms with Crippen LogP contribution in [-0.2, 0) is 0 Å². The Morgan fingerprint density at radius 2 is 2.20 bits per heavy atom. The van der Waals surface area contributed by atoms with E-state index >= 15 is 0 Å². The van der Waals surface area contributed by atoms with Crippen molar-refractivity contribution in [1.82, 2.24) is 0 Å². The van der Waals surface area contributed by atoms with Crippen LogP contribution >= 0.6 is 12.6 Å². The van der Waals surface area contributed by atoms with Crippen molar-refractivity contribution in [2.24, 2.45) is 0 Å². The summed E-state index contributed by atoms with van der Waals surface area (Å²) >= 11 is 4.20. The molecule has 0 fully saturated rings. The molecule has 0 aliphatic heterocycles. The normalized spacial score (nSPS) is 7.60. The molecule has 1 radical (unpaired) electrons. The van der Waals surface area contributed by atoms with Gasteiger partial charge in [-0.3, -0.25) is 0 Å². The average Bonchev–Trinajstić information content (AvgIpc) is 1.38. The number of hydrogen-bond acceptors (Lipinski definition) is 0. The van der Waals surface area contributed by atoms with E-state index in [1.54, 1.807) is 0 Å². The Hall–Kier alpha value is 0.0200. The van der Waals surface area contributed by atoms with Crippen molar-refractivity contribution in [2.45, 2.75) is 0 Å². The zero-order valence-corrected chi connectivity index (χ0v) is 3.52. The van der Waals surface area contributed by atoms with Gasteiger partial charge in [0.05, 0.1) is 5.75 Å². The minimum atomic E-state index is -0.431. The quantitative estimate of drug-likeness (QED) is 0.460. The van der Waals surface area contributed by atoms with Crippen LogP contribution in [0, 0.1) is 0 Å². The Bertz CT molecular complexity index is 42.2. The molecule has 0 bridgehead atoms. The molecule has 0 aromatic carbocycles. The molecule has 0 nitrogen and oxygen atoms in total. The van der Waals surface area contributed by atoms with Crippen molar-refractivity contribution >= 4 is 12.6 Å². The van der Waals surface area contributed by atoms with Crippen LogP contribution in [0.25, 0.3) is 0 Å². The smallest absolute Gasteiger partial charge is 0.104 e. The highest BCUT2D eigenvalue weighted by molar-refractivity contribution is 7.80. The largest absolute Gasteiger partial charge is 0.212 e. The predicted molar refractivity (Wildman–Crippen MR) is 22.7 cm³/mol. The zero-order valence-electron chi connectivity index (χ0n) is 2.70. The maximum Gasteiger partial charge on any atom is 0.104 e. The van der Waals surface area contributed by atoms with Crippen LogP contribution in [0.4, 0.5) is 4.39 Å². The molecule has 0 spiro atoms. The van der Waals surface area contributed by atoms with E-state index in [1.165, 1.54) is 0 Å². The van der Waals surface area contributed by atoms with Gasteiger partial charge in [0.25, 0.3) is 0 Å². The summed E-state index contributed by atoms with van der Waals surface area (Å²) in [6.45, 7) is 2.90. The van der Waals surface area contributed by atoms with Crippen LogP contribution in [0.15, 0.2) is 12.4 Å². The lowest BCUT2D eigenvalue weighted by Gasteiger charge is -1.72. The van der Waals surface area contributed by atoms with Crippen molar-refractivity contribution in [2.75, 3.05) is 5.75 Å². The molecule has 0 heterocycles. The van der Waals surface area contributed by atoms with Crippen molar-refractivity contribution in [3.8, 4) is 0 Å². The second-order valence-electron chi connectivity index (χ2n) is 0.662. The minimum Gasteiger partial charge on any atom is -0.212 e. The van der Waals surface area contributed by atoms with Gasteiger partial charge in [-0.25, -0.2) is 4.39 Å². The topological polar surface area (TPSA) is 0 Å². The summed E-state index contributed by atoms with van der Waals surface area (Å²) in [5.74, 6) is -0.403. The third-order valence-electron chi connectivity index (χ3n) is 0.157. The number of rotatable bonds is 1. The molecule has 0 amide bonds. The molecule has 2 heteroatoms. The van der Waals surface area contributed by atoms with E-state index in [9.17, 15) is 4.39 Å². The first-order chi connectivity index (χ1) is 2.27. The molecule has 0 atom stereocenters. The Morgan fingerprint density at radius 1 is 2.00 bits per heavy atom. The fourth-order valence-corrected chi connectivity index (χ4v) is 0. The lowest BCUT2D eigenvalue weighted by molar-refractivity contribution is 0.650. The summed E-state index contributed by atoms with van der Waals surface area (Å²) in [6, 6.07) is 0. The van der Waals surface area contributed by atoms with E-state index in [4.69, 9.17) is 0 Å². The standard InChI is InChI=1S/C3H4FS/c1-3(4)2-5/h1-2H2. The third kappa shape index (κ3) is 4.02. The van der Waals surface area contributed by atoms with Gasteiger partial charge in [0.2, 0.25) is 0 Å². The molecule has 0 unspecified atom stereocenters. The van der Waals surface area contributed by atoms with E-state index in [0.717, 1.165) is 0 Å². The van der Waals surface area contributed by atoms with Gasteiger partial charge in [-0.1, -0.05) is 19.2 Å². The Balaban J connectivity index is 2.85. The SMILES string of the molecule is C=C(F)C[S]. The summed E-state index contributed by atoms with van der Waals surface area (Å²) in [6.07, 6.45) is 0. The molecular weight excluding hydrogens is 87.1 g/mol. The summed E-state index contributed by atoms with van der Waals surface area (Å²) in [5, 5.41) is 0. The van der Waals surface area contributed by atoms with Crippen molar-refractivity contribution < 1.29 is 4.39 Å². The number of halogens is 1. The van der Waals surface area contributed by atoms with E-state index in [1.807, 2.05) is 0 Å². The van der Waals surface area contributed by atoms with Crippen LogP contribution in [0.5, 0.6) is 0 Å². The second kappa shape index (κ2) is 2.27. The Labute approximate surface area is 36.1 Å². The summed E-state index contributed by atoms with van der Waals surface area (Å²) in [5.41, 5.74) is 0. The van der Waals surface area contributed by atoms with E-state index in [-0.39, 0.29) is 5.75 Å². The van der Waals surface area contributed by atoms with Gasteiger partial charge in [0.1, 0.15) is 5.83 Å². The highest BCUT2D eigenvalue weighted by Crippen LogP contribution is 1.90. The molecule has 0 aromatic heterocycles.